The molecule has 0 unspecified atom stereocenters. The molecule has 2 nitrogen and oxygen atoms in total. The average Bonchev–Trinajstić information content (AvgIpc) is 2.75. The van der Waals surface area contributed by atoms with Gasteiger partial charge in [-0.1, -0.05) is 60.7 Å². The van der Waals surface area contributed by atoms with E-state index < -0.39 is 0 Å². The van der Waals surface area contributed by atoms with E-state index in [1.165, 1.54) is 21.5 Å². The van der Waals surface area contributed by atoms with Crippen LogP contribution in [0.5, 0.6) is 11.5 Å². The normalized spacial score (nSPS) is 19.6. The van der Waals surface area contributed by atoms with Crippen molar-refractivity contribution in [2.45, 2.75) is 37.9 Å². The molecule has 2 heteroatoms. The van der Waals surface area contributed by atoms with Crippen LogP contribution in [0, 0.1) is 0 Å². The molecule has 0 atom stereocenters. The van der Waals surface area contributed by atoms with Crippen molar-refractivity contribution in [3.63, 3.8) is 0 Å². The smallest absolute Gasteiger partial charge is 0.120 e. The van der Waals surface area contributed by atoms with E-state index in [2.05, 4.69) is 84.9 Å². The highest BCUT2D eigenvalue weighted by atomic mass is 16.5. The first-order valence-corrected chi connectivity index (χ1v) is 10.1. The lowest BCUT2D eigenvalue weighted by atomic mass is 9.94. The summed E-state index contributed by atoms with van der Waals surface area (Å²) in [6, 6.07) is 29.6. The van der Waals surface area contributed by atoms with Crippen LogP contribution in [0.25, 0.3) is 21.5 Å². The summed E-state index contributed by atoms with van der Waals surface area (Å²) in [4.78, 5) is 0. The Morgan fingerprint density at radius 3 is 1.29 bits per heavy atom. The molecule has 1 saturated carbocycles. The van der Waals surface area contributed by atoms with Crippen molar-refractivity contribution < 1.29 is 9.47 Å². The molecule has 0 radical (unpaired) electrons. The van der Waals surface area contributed by atoms with E-state index in [4.69, 9.17) is 9.47 Å². The van der Waals surface area contributed by atoms with Crippen LogP contribution in [0.15, 0.2) is 84.9 Å². The van der Waals surface area contributed by atoms with E-state index in [9.17, 15) is 0 Å². The molecule has 0 saturated heterocycles. The number of ether oxygens (including phenoxy) is 2. The lowest BCUT2D eigenvalue weighted by Crippen LogP contribution is -2.30. The minimum Gasteiger partial charge on any atom is -0.490 e. The highest BCUT2D eigenvalue weighted by Crippen LogP contribution is 2.29. The molecule has 1 fully saturated rings. The highest BCUT2D eigenvalue weighted by Gasteiger charge is 2.23. The molecule has 0 bridgehead atoms. The third-order valence-corrected chi connectivity index (χ3v) is 5.67. The number of rotatable bonds is 4. The molecule has 1 aliphatic carbocycles. The monoisotopic (exact) mass is 368 g/mol. The summed E-state index contributed by atoms with van der Waals surface area (Å²) in [5.41, 5.74) is 0. The molecule has 5 rings (SSSR count). The van der Waals surface area contributed by atoms with Gasteiger partial charge in [-0.05, 0) is 71.5 Å². The SMILES string of the molecule is c1ccc2cc(OC3CCC(Oc4ccc5ccccc5c4)CC3)ccc2c1. The van der Waals surface area contributed by atoms with Gasteiger partial charge in [0.2, 0.25) is 0 Å². The van der Waals surface area contributed by atoms with Gasteiger partial charge in [-0.2, -0.15) is 0 Å². The lowest BCUT2D eigenvalue weighted by Gasteiger charge is -2.29. The summed E-state index contributed by atoms with van der Waals surface area (Å²) >= 11 is 0. The third-order valence-electron chi connectivity index (χ3n) is 5.67. The zero-order valence-electron chi connectivity index (χ0n) is 15.9. The molecule has 0 amide bonds. The fourth-order valence-corrected chi connectivity index (χ4v) is 4.13. The predicted octanol–water partition coefficient (Wildman–Crippen LogP) is 6.76. The molecular formula is C26H24O2. The van der Waals surface area contributed by atoms with Crippen molar-refractivity contribution >= 4 is 21.5 Å². The molecule has 28 heavy (non-hydrogen) atoms. The Balaban J connectivity index is 1.19. The Morgan fingerprint density at radius 2 is 0.857 bits per heavy atom. The topological polar surface area (TPSA) is 18.5 Å². The maximum Gasteiger partial charge on any atom is 0.120 e. The van der Waals surface area contributed by atoms with Crippen LogP contribution in [0.1, 0.15) is 25.7 Å². The van der Waals surface area contributed by atoms with E-state index >= 15 is 0 Å². The summed E-state index contributed by atoms with van der Waals surface area (Å²) in [6.45, 7) is 0. The standard InChI is InChI=1S/C26H24O2/c1-3-7-21-17-25(11-9-19(21)5-1)27-23-13-15-24(16-14-23)28-26-12-10-20-6-2-4-8-22(20)18-26/h1-12,17-18,23-24H,13-16H2. The highest BCUT2D eigenvalue weighted by molar-refractivity contribution is 5.84. The van der Waals surface area contributed by atoms with Gasteiger partial charge in [0.05, 0.1) is 12.2 Å². The molecule has 4 aromatic carbocycles. The summed E-state index contributed by atoms with van der Waals surface area (Å²) in [6.07, 6.45) is 4.68. The number of fused-ring (bicyclic) bond motifs is 2. The van der Waals surface area contributed by atoms with Gasteiger partial charge in [0.1, 0.15) is 11.5 Å². The minimum atomic E-state index is 0.276. The third kappa shape index (κ3) is 3.68. The van der Waals surface area contributed by atoms with E-state index in [-0.39, 0.29) is 12.2 Å². The Morgan fingerprint density at radius 1 is 0.464 bits per heavy atom. The lowest BCUT2D eigenvalue weighted by molar-refractivity contribution is 0.0808. The summed E-state index contributed by atoms with van der Waals surface area (Å²) in [5.74, 6) is 1.94. The Hall–Kier alpha value is -3.00. The van der Waals surface area contributed by atoms with Gasteiger partial charge in [0.15, 0.2) is 0 Å². The Labute approximate surface area is 165 Å². The van der Waals surface area contributed by atoms with Crippen LogP contribution in [0.4, 0.5) is 0 Å². The first-order valence-electron chi connectivity index (χ1n) is 10.1. The molecule has 0 aliphatic heterocycles. The fourth-order valence-electron chi connectivity index (χ4n) is 4.13. The van der Waals surface area contributed by atoms with Crippen molar-refractivity contribution in [2.75, 3.05) is 0 Å². The van der Waals surface area contributed by atoms with Gasteiger partial charge in [-0.15, -0.1) is 0 Å². The van der Waals surface area contributed by atoms with Crippen molar-refractivity contribution in [1.29, 1.82) is 0 Å². The van der Waals surface area contributed by atoms with Crippen molar-refractivity contribution in [3.05, 3.63) is 84.9 Å². The summed E-state index contributed by atoms with van der Waals surface area (Å²) in [7, 11) is 0. The maximum atomic E-state index is 6.26. The first-order chi connectivity index (χ1) is 13.8. The van der Waals surface area contributed by atoms with Crippen molar-refractivity contribution in [2.24, 2.45) is 0 Å². The van der Waals surface area contributed by atoms with E-state index in [1.54, 1.807) is 0 Å². The molecule has 4 aromatic rings. The number of hydrogen-bond donors (Lipinski definition) is 0. The summed E-state index contributed by atoms with van der Waals surface area (Å²) < 4.78 is 12.5. The molecule has 0 spiro atoms. The zero-order valence-corrected chi connectivity index (χ0v) is 15.9. The van der Waals surface area contributed by atoms with Gasteiger partial charge in [-0.3, -0.25) is 0 Å². The van der Waals surface area contributed by atoms with Crippen molar-refractivity contribution in [1.82, 2.24) is 0 Å². The largest absolute Gasteiger partial charge is 0.490 e. The second kappa shape index (κ2) is 7.55. The van der Waals surface area contributed by atoms with Crippen LogP contribution < -0.4 is 9.47 Å². The molecule has 1 aliphatic rings. The maximum absolute atomic E-state index is 6.26. The van der Waals surface area contributed by atoms with Crippen LogP contribution in [-0.2, 0) is 0 Å². The first kappa shape index (κ1) is 17.1. The predicted molar refractivity (Wildman–Crippen MR) is 115 cm³/mol. The fraction of sp³-hybridized carbons (Fsp3) is 0.231. The van der Waals surface area contributed by atoms with Gasteiger partial charge < -0.3 is 9.47 Å². The van der Waals surface area contributed by atoms with Gasteiger partial charge in [0, 0.05) is 0 Å². The van der Waals surface area contributed by atoms with Gasteiger partial charge in [-0.25, -0.2) is 0 Å². The Bertz CT molecular complexity index is 1000. The van der Waals surface area contributed by atoms with Crippen LogP contribution in [0.2, 0.25) is 0 Å². The van der Waals surface area contributed by atoms with Crippen LogP contribution in [-0.4, -0.2) is 12.2 Å². The second-order valence-corrected chi connectivity index (χ2v) is 7.65. The molecule has 0 heterocycles. The van der Waals surface area contributed by atoms with Gasteiger partial charge >= 0.3 is 0 Å². The van der Waals surface area contributed by atoms with Crippen molar-refractivity contribution in [3.8, 4) is 11.5 Å². The van der Waals surface area contributed by atoms with Gasteiger partial charge in [0.25, 0.3) is 0 Å². The van der Waals surface area contributed by atoms with E-state index in [0.29, 0.717) is 0 Å². The van der Waals surface area contributed by atoms with E-state index in [1.807, 2.05) is 0 Å². The molecule has 140 valence electrons. The van der Waals surface area contributed by atoms with Crippen LogP contribution in [0.3, 0.4) is 0 Å². The summed E-state index contributed by atoms with van der Waals surface area (Å²) in [5, 5.41) is 4.96. The second-order valence-electron chi connectivity index (χ2n) is 7.65. The molecule has 0 aromatic heterocycles. The minimum absolute atomic E-state index is 0.276. The Kier molecular flexibility index (Phi) is 4.62. The molecule has 0 N–H and O–H groups in total. The number of benzene rings is 4. The quantitative estimate of drug-likeness (QED) is 0.396. The van der Waals surface area contributed by atoms with Crippen LogP contribution >= 0.6 is 0 Å². The van der Waals surface area contributed by atoms with E-state index in [0.717, 1.165) is 37.2 Å². The number of hydrogen-bond acceptors (Lipinski definition) is 2. The zero-order chi connectivity index (χ0) is 18.8. The average molecular weight is 368 g/mol. The molecular weight excluding hydrogens is 344 g/mol.